The number of unbranched alkanes of at least 4 members (excludes halogenated alkanes) is 2. The van der Waals surface area contributed by atoms with Gasteiger partial charge in [-0.05, 0) is 37.6 Å². The number of halogens is 1. The Kier molecular flexibility index (Phi) is 7.99. The topological polar surface area (TPSA) is 29.1 Å². The van der Waals surface area contributed by atoms with Gasteiger partial charge in [0.15, 0.2) is 0 Å². The first kappa shape index (κ1) is 16.4. The van der Waals surface area contributed by atoms with E-state index in [1.807, 2.05) is 24.3 Å². The van der Waals surface area contributed by atoms with Crippen LogP contribution < -0.4 is 5.32 Å². The van der Waals surface area contributed by atoms with E-state index in [1.54, 1.807) is 0 Å². The standard InChI is InChI=1S/C15H22ClNOS/c1-3-4-5-6-12(2)17-15(18)11-19-14-9-7-13(16)8-10-14/h7-10,12H,3-6,11H2,1-2H3,(H,17,18). The fourth-order valence-electron chi connectivity index (χ4n) is 1.77. The lowest BCUT2D eigenvalue weighted by Gasteiger charge is -2.13. The monoisotopic (exact) mass is 299 g/mol. The molecule has 1 unspecified atom stereocenters. The summed E-state index contributed by atoms with van der Waals surface area (Å²) in [6.45, 7) is 4.26. The van der Waals surface area contributed by atoms with E-state index in [4.69, 9.17) is 11.6 Å². The van der Waals surface area contributed by atoms with Crippen molar-refractivity contribution in [2.75, 3.05) is 5.75 Å². The Morgan fingerprint density at radius 2 is 2.00 bits per heavy atom. The van der Waals surface area contributed by atoms with Gasteiger partial charge < -0.3 is 5.32 Å². The summed E-state index contributed by atoms with van der Waals surface area (Å²) < 4.78 is 0. The minimum absolute atomic E-state index is 0.101. The number of hydrogen-bond donors (Lipinski definition) is 1. The summed E-state index contributed by atoms with van der Waals surface area (Å²) in [5.41, 5.74) is 0. The van der Waals surface area contributed by atoms with Gasteiger partial charge in [-0.2, -0.15) is 0 Å². The molecule has 1 rings (SSSR count). The van der Waals surface area contributed by atoms with Crippen LogP contribution in [-0.2, 0) is 4.79 Å². The molecule has 0 fully saturated rings. The third-order valence-electron chi connectivity index (χ3n) is 2.83. The zero-order valence-electron chi connectivity index (χ0n) is 11.6. The Balaban J connectivity index is 2.22. The van der Waals surface area contributed by atoms with Gasteiger partial charge in [0.25, 0.3) is 0 Å². The molecular formula is C15H22ClNOS. The van der Waals surface area contributed by atoms with E-state index in [0.29, 0.717) is 5.75 Å². The van der Waals surface area contributed by atoms with Gasteiger partial charge in [0, 0.05) is 16.0 Å². The first-order chi connectivity index (χ1) is 9.11. The molecule has 1 aromatic rings. The van der Waals surface area contributed by atoms with Gasteiger partial charge in [-0.1, -0.05) is 37.8 Å². The van der Waals surface area contributed by atoms with Gasteiger partial charge in [-0.25, -0.2) is 0 Å². The molecule has 19 heavy (non-hydrogen) atoms. The molecule has 2 nitrogen and oxygen atoms in total. The molecule has 0 aromatic heterocycles. The molecule has 0 saturated carbocycles. The minimum atomic E-state index is 0.101. The molecule has 0 aliphatic carbocycles. The van der Waals surface area contributed by atoms with Crippen LogP contribution in [0.4, 0.5) is 0 Å². The molecule has 0 heterocycles. The van der Waals surface area contributed by atoms with Crippen LogP contribution in [-0.4, -0.2) is 17.7 Å². The smallest absolute Gasteiger partial charge is 0.230 e. The Bertz CT molecular complexity index is 380. The normalized spacial score (nSPS) is 12.2. The first-order valence-corrected chi connectivity index (χ1v) is 8.16. The Morgan fingerprint density at radius 1 is 1.32 bits per heavy atom. The zero-order chi connectivity index (χ0) is 14.1. The highest BCUT2D eigenvalue weighted by atomic mass is 35.5. The fraction of sp³-hybridized carbons (Fsp3) is 0.533. The molecule has 1 N–H and O–H groups in total. The van der Waals surface area contributed by atoms with Crippen LogP contribution >= 0.6 is 23.4 Å². The third-order valence-corrected chi connectivity index (χ3v) is 4.10. The van der Waals surface area contributed by atoms with E-state index >= 15 is 0 Å². The molecular weight excluding hydrogens is 278 g/mol. The Hall–Kier alpha value is -0.670. The molecule has 1 atom stereocenters. The van der Waals surface area contributed by atoms with Crippen molar-refractivity contribution >= 4 is 29.3 Å². The average Bonchev–Trinajstić information content (AvgIpc) is 2.38. The van der Waals surface area contributed by atoms with Crippen molar-refractivity contribution in [3.8, 4) is 0 Å². The van der Waals surface area contributed by atoms with Crippen molar-refractivity contribution in [2.24, 2.45) is 0 Å². The molecule has 0 aliphatic rings. The maximum atomic E-state index is 11.8. The van der Waals surface area contributed by atoms with Crippen molar-refractivity contribution in [3.05, 3.63) is 29.3 Å². The SMILES string of the molecule is CCCCCC(C)NC(=O)CSc1ccc(Cl)cc1. The number of carbonyl (C=O) groups is 1. The van der Waals surface area contributed by atoms with Gasteiger partial charge in [0.1, 0.15) is 0 Å². The lowest BCUT2D eigenvalue weighted by Crippen LogP contribution is -2.33. The minimum Gasteiger partial charge on any atom is -0.353 e. The van der Waals surface area contributed by atoms with E-state index in [0.717, 1.165) is 16.3 Å². The second-order valence-corrected chi connectivity index (χ2v) is 6.19. The molecule has 4 heteroatoms. The predicted octanol–water partition coefficient (Wildman–Crippen LogP) is 4.52. The molecule has 0 spiro atoms. The van der Waals surface area contributed by atoms with Gasteiger partial charge in [-0.3, -0.25) is 4.79 Å². The highest BCUT2D eigenvalue weighted by Gasteiger charge is 2.07. The van der Waals surface area contributed by atoms with Crippen molar-refractivity contribution in [1.82, 2.24) is 5.32 Å². The summed E-state index contributed by atoms with van der Waals surface area (Å²) in [5.74, 6) is 0.559. The first-order valence-electron chi connectivity index (χ1n) is 6.79. The van der Waals surface area contributed by atoms with Crippen LogP contribution in [0.3, 0.4) is 0 Å². The Labute approximate surface area is 125 Å². The quantitative estimate of drug-likeness (QED) is 0.565. The number of hydrogen-bond acceptors (Lipinski definition) is 2. The molecule has 1 aromatic carbocycles. The van der Waals surface area contributed by atoms with Crippen molar-refractivity contribution in [3.63, 3.8) is 0 Å². The number of thioether (sulfide) groups is 1. The van der Waals surface area contributed by atoms with Gasteiger partial charge in [0.2, 0.25) is 5.91 Å². The molecule has 0 aliphatic heterocycles. The van der Waals surface area contributed by atoms with Crippen LogP contribution in [0.5, 0.6) is 0 Å². The summed E-state index contributed by atoms with van der Waals surface area (Å²) >= 11 is 7.35. The summed E-state index contributed by atoms with van der Waals surface area (Å²) in [6, 6.07) is 7.82. The average molecular weight is 300 g/mol. The van der Waals surface area contributed by atoms with Crippen LogP contribution in [0.15, 0.2) is 29.2 Å². The third kappa shape index (κ3) is 7.48. The van der Waals surface area contributed by atoms with Crippen LogP contribution in [0.1, 0.15) is 39.5 Å². The highest BCUT2D eigenvalue weighted by Crippen LogP contribution is 2.20. The number of rotatable bonds is 8. The molecule has 0 saturated heterocycles. The van der Waals surface area contributed by atoms with E-state index in [-0.39, 0.29) is 11.9 Å². The van der Waals surface area contributed by atoms with Crippen LogP contribution in [0.2, 0.25) is 5.02 Å². The summed E-state index contributed by atoms with van der Waals surface area (Å²) in [6.07, 6.45) is 4.69. The maximum absolute atomic E-state index is 11.8. The Morgan fingerprint density at radius 3 is 2.63 bits per heavy atom. The lowest BCUT2D eigenvalue weighted by atomic mass is 10.1. The summed E-state index contributed by atoms with van der Waals surface area (Å²) in [7, 11) is 0. The van der Waals surface area contributed by atoms with Crippen molar-refractivity contribution in [2.45, 2.75) is 50.5 Å². The molecule has 0 bridgehead atoms. The van der Waals surface area contributed by atoms with E-state index in [9.17, 15) is 4.79 Å². The van der Waals surface area contributed by atoms with E-state index in [2.05, 4.69) is 19.2 Å². The fourth-order valence-corrected chi connectivity index (χ4v) is 2.60. The maximum Gasteiger partial charge on any atom is 0.230 e. The van der Waals surface area contributed by atoms with Gasteiger partial charge in [-0.15, -0.1) is 11.8 Å². The number of carbonyl (C=O) groups excluding carboxylic acids is 1. The second-order valence-electron chi connectivity index (χ2n) is 4.71. The van der Waals surface area contributed by atoms with Gasteiger partial charge >= 0.3 is 0 Å². The number of nitrogens with one attached hydrogen (secondary N) is 1. The molecule has 0 radical (unpaired) electrons. The van der Waals surface area contributed by atoms with E-state index < -0.39 is 0 Å². The molecule has 106 valence electrons. The summed E-state index contributed by atoms with van der Waals surface area (Å²) in [4.78, 5) is 12.8. The molecule has 1 amide bonds. The highest BCUT2D eigenvalue weighted by molar-refractivity contribution is 8.00. The lowest BCUT2D eigenvalue weighted by molar-refractivity contribution is -0.119. The van der Waals surface area contributed by atoms with Crippen LogP contribution in [0.25, 0.3) is 0 Å². The second kappa shape index (κ2) is 9.27. The van der Waals surface area contributed by atoms with Crippen molar-refractivity contribution < 1.29 is 4.79 Å². The predicted molar refractivity (Wildman–Crippen MR) is 83.9 cm³/mol. The zero-order valence-corrected chi connectivity index (χ0v) is 13.2. The van der Waals surface area contributed by atoms with Crippen molar-refractivity contribution in [1.29, 1.82) is 0 Å². The van der Waals surface area contributed by atoms with E-state index in [1.165, 1.54) is 31.0 Å². The van der Waals surface area contributed by atoms with Gasteiger partial charge in [0.05, 0.1) is 5.75 Å². The largest absolute Gasteiger partial charge is 0.353 e. The number of amides is 1. The summed E-state index contributed by atoms with van der Waals surface area (Å²) in [5, 5.41) is 3.76. The number of benzene rings is 1. The van der Waals surface area contributed by atoms with Crippen LogP contribution in [0, 0.1) is 0 Å².